The Hall–Kier alpha value is -2.78. The van der Waals surface area contributed by atoms with Gasteiger partial charge in [0.25, 0.3) is 0 Å². The number of halogens is 1. The van der Waals surface area contributed by atoms with Gasteiger partial charge in [-0.1, -0.05) is 13.8 Å². The molecule has 0 spiro atoms. The number of fused-ring (bicyclic) bond motifs is 1. The molecule has 0 aromatic heterocycles. The van der Waals surface area contributed by atoms with E-state index in [2.05, 4.69) is 15.4 Å². The molecule has 166 valence electrons. The lowest BCUT2D eigenvalue weighted by Gasteiger charge is -2.22. The van der Waals surface area contributed by atoms with Crippen LogP contribution in [0, 0.1) is 18.7 Å². The molecule has 2 aromatic carbocycles. The lowest BCUT2D eigenvalue weighted by molar-refractivity contribution is -0.118. The zero-order valence-electron chi connectivity index (χ0n) is 17.7. The van der Waals surface area contributed by atoms with E-state index in [-0.39, 0.29) is 16.7 Å². The van der Waals surface area contributed by atoms with Crippen LogP contribution in [0.15, 0.2) is 41.3 Å². The van der Waals surface area contributed by atoms with Crippen molar-refractivity contribution in [3.63, 3.8) is 0 Å². The van der Waals surface area contributed by atoms with Crippen molar-refractivity contribution in [1.82, 2.24) is 4.72 Å². The number of hydrogen-bond acceptors (Lipinski definition) is 4. The highest BCUT2D eigenvalue weighted by Gasteiger charge is 2.29. The molecular weight excluding hydrogens is 421 g/mol. The van der Waals surface area contributed by atoms with E-state index in [0.29, 0.717) is 36.2 Å². The number of carbonyl (C=O) groups is 2. The third-order valence-electron chi connectivity index (χ3n) is 5.19. The highest BCUT2D eigenvalue weighted by Crippen LogP contribution is 2.26. The summed E-state index contributed by atoms with van der Waals surface area (Å²) >= 11 is 0. The van der Waals surface area contributed by atoms with Crippen LogP contribution >= 0.6 is 0 Å². The van der Waals surface area contributed by atoms with Gasteiger partial charge in [0.15, 0.2) is 0 Å². The second kappa shape index (κ2) is 9.15. The van der Waals surface area contributed by atoms with E-state index < -0.39 is 27.8 Å². The van der Waals surface area contributed by atoms with E-state index in [1.54, 1.807) is 26.8 Å². The molecule has 7 nitrogen and oxygen atoms in total. The maximum absolute atomic E-state index is 13.3. The normalized spacial score (nSPS) is 15.1. The van der Waals surface area contributed by atoms with Gasteiger partial charge < -0.3 is 10.6 Å². The summed E-state index contributed by atoms with van der Waals surface area (Å²) in [4.78, 5) is 24.6. The highest BCUT2D eigenvalue weighted by molar-refractivity contribution is 7.89. The smallest absolute Gasteiger partial charge is 0.242 e. The first kappa shape index (κ1) is 22.9. The fraction of sp³-hybridized carbons (Fsp3) is 0.364. The topological polar surface area (TPSA) is 104 Å². The Morgan fingerprint density at radius 1 is 1.13 bits per heavy atom. The molecule has 1 atom stereocenters. The summed E-state index contributed by atoms with van der Waals surface area (Å²) in [6, 6.07) is 7.43. The summed E-state index contributed by atoms with van der Waals surface area (Å²) in [5.74, 6) is -1.39. The summed E-state index contributed by atoms with van der Waals surface area (Å²) < 4.78 is 41.9. The van der Waals surface area contributed by atoms with Crippen LogP contribution in [-0.2, 0) is 26.0 Å². The second-order valence-corrected chi connectivity index (χ2v) is 9.73. The highest BCUT2D eigenvalue weighted by atomic mass is 32.2. The molecule has 0 unspecified atom stereocenters. The fourth-order valence-electron chi connectivity index (χ4n) is 3.42. The number of hydrogen-bond donors (Lipinski definition) is 3. The maximum atomic E-state index is 13.3. The fourth-order valence-corrected chi connectivity index (χ4v) is 4.82. The molecule has 2 amide bonds. The Morgan fingerprint density at radius 2 is 1.87 bits per heavy atom. The number of sulfonamides is 1. The number of amides is 2. The van der Waals surface area contributed by atoms with Crippen LogP contribution < -0.4 is 15.4 Å². The SMILES string of the molecule is Cc1cc(F)ccc1NC(=O)[C@@H](NS(=O)(=O)c1ccc2c(c1)CCCC(=O)N2)C(C)C. The summed E-state index contributed by atoms with van der Waals surface area (Å²) in [6.07, 6.45) is 1.59. The molecule has 1 heterocycles. The summed E-state index contributed by atoms with van der Waals surface area (Å²) in [6.45, 7) is 5.12. The molecule has 0 bridgehead atoms. The zero-order valence-corrected chi connectivity index (χ0v) is 18.5. The van der Waals surface area contributed by atoms with Gasteiger partial charge in [0, 0.05) is 17.8 Å². The quantitative estimate of drug-likeness (QED) is 0.632. The van der Waals surface area contributed by atoms with Gasteiger partial charge in [0.2, 0.25) is 21.8 Å². The zero-order chi connectivity index (χ0) is 22.8. The van der Waals surface area contributed by atoms with Crippen LogP contribution in [-0.4, -0.2) is 26.3 Å². The lowest BCUT2D eigenvalue weighted by atomic mass is 10.0. The standard InChI is InChI=1S/C22H26FN3O4S/c1-13(2)21(22(28)25-18-9-7-16(23)11-14(18)3)26-31(29,30)17-8-10-19-15(12-17)5-4-6-20(27)24-19/h7-13,21,26H,4-6H2,1-3H3,(H,24,27)(H,25,28)/t21-/m0/s1. The molecule has 2 aromatic rings. The van der Waals surface area contributed by atoms with E-state index in [1.165, 1.54) is 30.3 Å². The van der Waals surface area contributed by atoms with Crippen molar-refractivity contribution in [1.29, 1.82) is 0 Å². The van der Waals surface area contributed by atoms with Gasteiger partial charge in [-0.2, -0.15) is 4.72 Å². The van der Waals surface area contributed by atoms with Crippen LogP contribution in [0.2, 0.25) is 0 Å². The molecule has 0 saturated carbocycles. The first-order valence-electron chi connectivity index (χ1n) is 10.1. The van der Waals surface area contributed by atoms with Crippen LogP contribution in [0.1, 0.15) is 37.8 Å². The third kappa shape index (κ3) is 5.48. The molecule has 0 aliphatic carbocycles. The average molecular weight is 448 g/mol. The van der Waals surface area contributed by atoms with Crippen molar-refractivity contribution in [3.05, 3.63) is 53.3 Å². The second-order valence-electron chi connectivity index (χ2n) is 8.01. The number of carbonyl (C=O) groups excluding carboxylic acids is 2. The Kier molecular flexibility index (Phi) is 6.76. The van der Waals surface area contributed by atoms with Crippen molar-refractivity contribution in [2.24, 2.45) is 5.92 Å². The first-order valence-corrected chi connectivity index (χ1v) is 11.6. The van der Waals surface area contributed by atoms with Crippen LogP contribution in [0.4, 0.5) is 15.8 Å². The number of benzene rings is 2. The minimum Gasteiger partial charge on any atom is -0.326 e. The number of rotatable bonds is 6. The van der Waals surface area contributed by atoms with Crippen molar-refractivity contribution in [2.75, 3.05) is 10.6 Å². The Balaban J connectivity index is 1.82. The van der Waals surface area contributed by atoms with Crippen molar-refractivity contribution in [2.45, 2.75) is 51.0 Å². The minimum atomic E-state index is -4.00. The van der Waals surface area contributed by atoms with E-state index in [0.717, 1.165) is 5.56 Å². The molecular formula is C22H26FN3O4S. The summed E-state index contributed by atoms with van der Waals surface area (Å²) in [7, 11) is -4.00. The molecule has 31 heavy (non-hydrogen) atoms. The number of anilines is 2. The maximum Gasteiger partial charge on any atom is 0.242 e. The Labute approximate surface area is 181 Å². The van der Waals surface area contributed by atoms with Crippen LogP contribution in [0.5, 0.6) is 0 Å². The Morgan fingerprint density at radius 3 is 2.55 bits per heavy atom. The lowest BCUT2D eigenvalue weighted by Crippen LogP contribution is -2.47. The van der Waals surface area contributed by atoms with Gasteiger partial charge >= 0.3 is 0 Å². The van der Waals surface area contributed by atoms with E-state index >= 15 is 0 Å². The van der Waals surface area contributed by atoms with Crippen LogP contribution in [0.25, 0.3) is 0 Å². The first-order chi connectivity index (χ1) is 14.6. The predicted molar refractivity (Wildman–Crippen MR) is 117 cm³/mol. The van der Waals surface area contributed by atoms with Crippen molar-refractivity contribution in [3.8, 4) is 0 Å². The molecule has 9 heteroatoms. The van der Waals surface area contributed by atoms with Crippen LogP contribution in [0.3, 0.4) is 0 Å². The van der Waals surface area contributed by atoms with Gasteiger partial charge in [0.1, 0.15) is 11.9 Å². The molecule has 0 saturated heterocycles. The third-order valence-corrected chi connectivity index (χ3v) is 6.63. The van der Waals surface area contributed by atoms with Gasteiger partial charge in [-0.3, -0.25) is 9.59 Å². The van der Waals surface area contributed by atoms with Gasteiger partial charge in [-0.15, -0.1) is 0 Å². The van der Waals surface area contributed by atoms with E-state index in [4.69, 9.17) is 0 Å². The number of aryl methyl sites for hydroxylation is 2. The predicted octanol–water partition coefficient (Wildman–Crippen LogP) is 3.35. The molecule has 0 radical (unpaired) electrons. The monoisotopic (exact) mass is 447 g/mol. The van der Waals surface area contributed by atoms with Gasteiger partial charge in [-0.25, -0.2) is 12.8 Å². The van der Waals surface area contributed by atoms with Gasteiger partial charge in [-0.05, 0) is 73.2 Å². The van der Waals surface area contributed by atoms with Crippen molar-refractivity contribution < 1.29 is 22.4 Å². The van der Waals surface area contributed by atoms with E-state index in [9.17, 15) is 22.4 Å². The minimum absolute atomic E-state index is 0.0267. The summed E-state index contributed by atoms with van der Waals surface area (Å²) in [5, 5.41) is 5.45. The average Bonchev–Trinajstić information content (AvgIpc) is 2.87. The molecule has 1 aliphatic heterocycles. The number of nitrogens with one attached hydrogen (secondary N) is 3. The summed E-state index contributed by atoms with van der Waals surface area (Å²) in [5.41, 5.74) is 2.29. The largest absolute Gasteiger partial charge is 0.326 e. The van der Waals surface area contributed by atoms with Crippen molar-refractivity contribution >= 4 is 33.2 Å². The molecule has 0 fully saturated rings. The van der Waals surface area contributed by atoms with Gasteiger partial charge in [0.05, 0.1) is 4.90 Å². The van der Waals surface area contributed by atoms with E-state index in [1.807, 2.05) is 0 Å². The molecule has 3 N–H and O–H groups in total. The molecule has 1 aliphatic rings. The molecule has 3 rings (SSSR count). The Bertz CT molecular complexity index is 1120.